The van der Waals surface area contributed by atoms with Crippen LogP contribution in [0, 0.1) is 5.92 Å². The Labute approximate surface area is 98.2 Å². The van der Waals surface area contributed by atoms with Gasteiger partial charge in [0.2, 0.25) is 5.91 Å². The van der Waals surface area contributed by atoms with Crippen LogP contribution < -0.4 is 11.1 Å². The second-order valence-electron chi connectivity index (χ2n) is 3.36. The van der Waals surface area contributed by atoms with Crippen molar-refractivity contribution in [2.45, 2.75) is 26.3 Å². The second kappa shape index (κ2) is 5.50. The van der Waals surface area contributed by atoms with Crippen molar-refractivity contribution in [3.8, 4) is 0 Å². The minimum Gasteiger partial charge on any atom is -0.393 e. The van der Waals surface area contributed by atoms with Gasteiger partial charge in [-0.05, 0) is 13.3 Å². The zero-order valence-corrected chi connectivity index (χ0v) is 9.91. The molecule has 1 amide bonds. The van der Waals surface area contributed by atoms with Gasteiger partial charge in [-0.1, -0.05) is 24.4 Å². The van der Waals surface area contributed by atoms with Crippen molar-refractivity contribution in [2.24, 2.45) is 11.7 Å². The number of hydrogen-bond donors (Lipinski definition) is 3. The molecule has 0 saturated heterocycles. The van der Waals surface area contributed by atoms with Crippen LogP contribution in [-0.2, 0) is 4.79 Å². The SMILES string of the molecule is CCC(C(=O)NC(C)c1nn[nH]n1)C(N)=S. The standard InChI is InChI=1S/C8H14N6OS/c1-3-5(6(9)16)8(15)10-4(2)7-11-13-14-12-7/h4-5H,3H2,1-2H3,(H2,9,16)(H,10,15)(H,11,12,13,14). The quantitative estimate of drug-likeness (QED) is 0.611. The summed E-state index contributed by atoms with van der Waals surface area (Å²) in [5, 5.41) is 16.0. The Morgan fingerprint density at radius 1 is 1.69 bits per heavy atom. The van der Waals surface area contributed by atoms with Crippen LogP contribution in [0.2, 0.25) is 0 Å². The fourth-order valence-corrected chi connectivity index (χ4v) is 1.52. The normalized spacial score (nSPS) is 14.1. The number of amides is 1. The van der Waals surface area contributed by atoms with Gasteiger partial charge in [0.25, 0.3) is 0 Å². The highest BCUT2D eigenvalue weighted by molar-refractivity contribution is 7.80. The third-order valence-electron chi connectivity index (χ3n) is 2.18. The maximum absolute atomic E-state index is 11.8. The lowest BCUT2D eigenvalue weighted by Crippen LogP contribution is -2.38. The summed E-state index contributed by atoms with van der Waals surface area (Å²) in [5.74, 6) is -0.247. The summed E-state index contributed by atoms with van der Waals surface area (Å²) >= 11 is 4.81. The zero-order valence-electron chi connectivity index (χ0n) is 9.10. The van der Waals surface area contributed by atoms with E-state index in [1.807, 2.05) is 6.92 Å². The number of rotatable bonds is 5. The van der Waals surface area contributed by atoms with E-state index in [0.717, 1.165) is 0 Å². The Bertz CT molecular complexity index is 365. The highest BCUT2D eigenvalue weighted by atomic mass is 32.1. The Kier molecular flexibility index (Phi) is 4.29. The van der Waals surface area contributed by atoms with Crippen molar-refractivity contribution in [1.29, 1.82) is 0 Å². The molecule has 1 heterocycles. The van der Waals surface area contributed by atoms with Gasteiger partial charge in [0.1, 0.15) is 0 Å². The van der Waals surface area contributed by atoms with E-state index in [1.165, 1.54) is 0 Å². The molecule has 16 heavy (non-hydrogen) atoms. The van der Waals surface area contributed by atoms with E-state index >= 15 is 0 Å². The molecule has 0 aliphatic carbocycles. The largest absolute Gasteiger partial charge is 0.393 e. The van der Waals surface area contributed by atoms with Crippen LogP contribution in [0.4, 0.5) is 0 Å². The molecule has 1 aromatic rings. The minimum absolute atomic E-state index is 0.195. The molecule has 4 N–H and O–H groups in total. The van der Waals surface area contributed by atoms with Gasteiger partial charge < -0.3 is 11.1 Å². The average molecular weight is 242 g/mol. The monoisotopic (exact) mass is 242 g/mol. The number of H-pyrrole nitrogens is 1. The summed E-state index contributed by atoms with van der Waals surface area (Å²) in [5.41, 5.74) is 5.46. The summed E-state index contributed by atoms with van der Waals surface area (Å²) in [7, 11) is 0. The Balaban J connectivity index is 2.60. The molecular weight excluding hydrogens is 228 g/mol. The molecule has 2 atom stereocenters. The number of aromatic nitrogens is 4. The molecule has 0 radical (unpaired) electrons. The molecule has 7 nitrogen and oxygen atoms in total. The van der Waals surface area contributed by atoms with Crippen LogP contribution in [0.15, 0.2) is 0 Å². The Hall–Kier alpha value is -1.57. The summed E-state index contributed by atoms with van der Waals surface area (Å²) in [6.07, 6.45) is 0.570. The van der Waals surface area contributed by atoms with Crippen molar-refractivity contribution in [3.63, 3.8) is 0 Å². The summed E-state index contributed by atoms with van der Waals surface area (Å²) < 4.78 is 0. The predicted octanol–water partition coefficient (Wildman–Crippen LogP) is -0.311. The van der Waals surface area contributed by atoms with Crippen LogP contribution in [0.1, 0.15) is 32.1 Å². The minimum atomic E-state index is -0.454. The van der Waals surface area contributed by atoms with Crippen molar-refractivity contribution in [3.05, 3.63) is 5.82 Å². The highest BCUT2D eigenvalue weighted by Crippen LogP contribution is 2.08. The third-order valence-corrected chi connectivity index (χ3v) is 2.46. The molecule has 8 heteroatoms. The van der Waals surface area contributed by atoms with Gasteiger partial charge in [0, 0.05) is 0 Å². The van der Waals surface area contributed by atoms with Crippen LogP contribution in [0.5, 0.6) is 0 Å². The number of thiocarbonyl (C=S) groups is 1. The first kappa shape index (κ1) is 12.5. The molecule has 0 aliphatic rings. The number of tetrazole rings is 1. The van der Waals surface area contributed by atoms with Crippen molar-refractivity contribution in [1.82, 2.24) is 25.9 Å². The van der Waals surface area contributed by atoms with Crippen LogP contribution in [0.3, 0.4) is 0 Å². The average Bonchev–Trinajstić information content (AvgIpc) is 2.70. The molecule has 88 valence electrons. The van der Waals surface area contributed by atoms with E-state index in [4.69, 9.17) is 18.0 Å². The molecule has 0 aliphatic heterocycles. The number of nitrogens with two attached hydrogens (primary N) is 1. The van der Waals surface area contributed by atoms with Gasteiger partial charge in [-0.25, -0.2) is 0 Å². The second-order valence-corrected chi connectivity index (χ2v) is 3.83. The molecule has 0 aromatic carbocycles. The molecule has 1 rings (SSSR count). The van der Waals surface area contributed by atoms with E-state index in [1.54, 1.807) is 6.92 Å². The number of carbonyl (C=O) groups is 1. The van der Waals surface area contributed by atoms with E-state index in [0.29, 0.717) is 12.2 Å². The molecule has 0 saturated carbocycles. The molecule has 0 fully saturated rings. The summed E-state index contributed by atoms with van der Waals surface area (Å²) in [6, 6.07) is -0.324. The van der Waals surface area contributed by atoms with Gasteiger partial charge in [0.05, 0.1) is 16.9 Å². The first-order valence-corrected chi connectivity index (χ1v) is 5.30. The van der Waals surface area contributed by atoms with Crippen LogP contribution in [0.25, 0.3) is 0 Å². The summed E-state index contributed by atoms with van der Waals surface area (Å²) in [4.78, 5) is 12.0. The van der Waals surface area contributed by atoms with Gasteiger partial charge in [-0.3, -0.25) is 4.79 Å². The lowest BCUT2D eigenvalue weighted by atomic mass is 10.1. The zero-order chi connectivity index (χ0) is 12.1. The van der Waals surface area contributed by atoms with E-state index in [2.05, 4.69) is 25.9 Å². The van der Waals surface area contributed by atoms with Crippen molar-refractivity contribution < 1.29 is 4.79 Å². The maximum Gasteiger partial charge on any atom is 0.230 e. The van der Waals surface area contributed by atoms with Crippen LogP contribution in [-0.4, -0.2) is 31.5 Å². The smallest absolute Gasteiger partial charge is 0.230 e. The number of carbonyl (C=O) groups excluding carboxylic acids is 1. The molecule has 1 aromatic heterocycles. The maximum atomic E-state index is 11.8. The van der Waals surface area contributed by atoms with Gasteiger partial charge in [-0.2, -0.15) is 5.21 Å². The van der Waals surface area contributed by atoms with Gasteiger partial charge in [0.15, 0.2) is 5.82 Å². The Morgan fingerprint density at radius 2 is 2.38 bits per heavy atom. The molecule has 0 bridgehead atoms. The number of hydrogen-bond acceptors (Lipinski definition) is 5. The first-order valence-electron chi connectivity index (χ1n) is 4.89. The molecule has 0 spiro atoms. The molecular formula is C8H14N6OS. The fourth-order valence-electron chi connectivity index (χ4n) is 1.25. The van der Waals surface area contributed by atoms with E-state index < -0.39 is 5.92 Å². The predicted molar refractivity (Wildman–Crippen MR) is 61.3 cm³/mol. The van der Waals surface area contributed by atoms with Gasteiger partial charge >= 0.3 is 0 Å². The van der Waals surface area contributed by atoms with E-state index in [9.17, 15) is 4.79 Å². The van der Waals surface area contributed by atoms with E-state index in [-0.39, 0.29) is 16.9 Å². The number of aromatic amines is 1. The number of nitrogens with one attached hydrogen (secondary N) is 2. The summed E-state index contributed by atoms with van der Waals surface area (Å²) in [6.45, 7) is 3.61. The third kappa shape index (κ3) is 2.96. The highest BCUT2D eigenvalue weighted by Gasteiger charge is 2.22. The lowest BCUT2D eigenvalue weighted by Gasteiger charge is -2.16. The Morgan fingerprint density at radius 3 is 2.81 bits per heavy atom. The first-order chi connectivity index (χ1) is 7.56. The lowest BCUT2D eigenvalue weighted by molar-refractivity contribution is -0.123. The van der Waals surface area contributed by atoms with Gasteiger partial charge in [-0.15, -0.1) is 10.2 Å². The molecule has 2 unspecified atom stereocenters. The topological polar surface area (TPSA) is 110 Å². The van der Waals surface area contributed by atoms with Crippen molar-refractivity contribution >= 4 is 23.1 Å². The van der Waals surface area contributed by atoms with Crippen molar-refractivity contribution in [2.75, 3.05) is 0 Å². The van der Waals surface area contributed by atoms with Crippen LogP contribution >= 0.6 is 12.2 Å². The fraction of sp³-hybridized carbons (Fsp3) is 0.625. The number of nitrogens with zero attached hydrogens (tertiary/aromatic N) is 3.